The fourth-order valence-corrected chi connectivity index (χ4v) is 3.80. The van der Waals surface area contributed by atoms with Crippen LogP contribution in [-0.4, -0.2) is 30.0 Å². The quantitative estimate of drug-likeness (QED) is 0.800. The Labute approximate surface area is 136 Å². The summed E-state index contributed by atoms with van der Waals surface area (Å²) in [4.78, 5) is 0.303. The zero-order valence-electron chi connectivity index (χ0n) is 13.4. The van der Waals surface area contributed by atoms with Gasteiger partial charge in [0.05, 0.1) is 10.6 Å². The fraction of sp³-hybridized carbons (Fsp3) is 0.235. The molecule has 0 amide bonds. The van der Waals surface area contributed by atoms with Crippen molar-refractivity contribution in [2.75, 3.05) is 7.05 Å². The highest BCUT2D eigenvalue weighted by molar-refractivity contribution is 7.89. The topological polar surface area (TPSA) is 66.1 Å². The number of aromatic nitrogens is 2. The van der Waals surface area contributed by atoms with E-state index in [2.05, 4.69) is 10.2 Å². The second-order valence-electron chi connectivity index (χ2n) is 5.68. The number of aryl methyl sites for hydroxylation is 2. The predicted molar refractivity (Wildman–Crippen MR) is 90.7 cm³/mol. The van der Waals surface area contributed by atoms with Crippen LogP contribution in [0.4, 0.5) is 0 Å². The standard InChI is InChI=1S/C17H19N3O2S/c1-12-17(13(2)19-18-12)11-20(3)23(21,22)16-9-8-14-6-4-5-7-15(14)10-16/h4-10H,11H2,1-3H3,(H,18,19). The van der Waals surface area contributed by atoms with E-state index in [1.165, 1.54) is 4.31 Å². The molecule has 6 heteroatoms. The molecule has 0 saturated carbocycles. The number of nitrogens with one attached hydrogen (secondary N) is 1. The maximum absolute atomic E-state index is 12.8. The molecule has 5 nitrogen and oxygen atoms in total. The zero-order valence-corrected chi connectivity index (χ0v) is 14.2. The second-order valence-corrected chi connectivity index (χ2v) is 7.73. The van der Waals surface area contributed by atoms with E-state index in [0.29, 0.717) is 11.4 Å². The number of sulfonamides is 1. The number of nitrogens with zero attached hydrogens (tertiary/aromatic N) is 2. The van der Waals surface area contributed by atoms with Gasteiger partial charge in [-0.1, -0.05) is 30.3 Å². The van der Waals surface area contributed by atoms with Gasteiger partial charge in [-0.2, -0.15) is 9.40 Å². The van der Waals surface area contributed by atoms with E-state index < -0.39 is 10.0 Å². The normalized spacial score (nSPS) is 12.2. The van der Waals surface area contributed by atoms with Gasteiger partial charge < -0.3 is 0 Å². The highest BCUT2D eigenvalue weighted by Crippen LogP contribution is 2.23. The van der Waals surface area contributed by atoms with Crippen molar-refractivity contribution in [1.29, 1.82) is 0 Å². The number of rotatable bonds is 4. The van der Waals surface area contributed by atoms with Crippen LogP contribution in [-0.2, 0) is 16.6 Å². The number of hydrogen-bond donors (Lipinski definition) is 1. The molecule has 1 aromatic heterocycles. The monoisotopic (exact) mass is 329 g/mol. The minimum Gasteiger partial charge on any atom is -0.282 e. The van der Waals surface area contributed by atoms with E-state index in [1.54, 1.807) is 19.2 Å². The largest absolute Gasteiger partial charge is 0.282 e. The number of aromatic amines is 1. The van der Waals surface area contributed by atoms with Gasteiger partial charge in [-0.3, -0.25) is 5.10 Å². The lowest BCUT2D eigenvalue weighted by atomic mass is 10.1. The summed E-state index contributed by atoms with van der Waals surface area (Å²) >= 11 is 0. The Hall–Kier alpha value is -2.18. The molecule has 1 N–H and O–H groups in total. The molecule has 0 saturated heterocycles. The third-order valence-electron chi connectivity index (χ3n) is 4.09. The minimum absolute atomic E-state index is 0.295. The first-order chi connectivity index (χ1) is 10.9. The van der Waals surface area contributed by atoms with Crippen molar-refractivity contribution in [3.63, 3.8) is 0 Å². The Morgan fingerprint density at radius 2 is 1.78 bits per heavy atom. The molecular formula is C17H19N3O2S. The number of H-pyrrole nitrogens is 1. The molecule has 0 unspecified atom stereocenters. The summed E-state index contributed by atoms with van der Waals surface area (Å²) in [7, 11) is -1.95. The van der Waals surface area contributed by atoms with Gasteiger partial charge in [0.15, 0.2) is 0 Å². The van der Waals surface area contributed by atoms with Crippen LogP contribution >= 0.6 is 0 Å². The van der Waals surface area contributed by atoms with Crippen LogP contribution in [0.1, 0.15) is 17.0 Å². The zero-order chi connectivity index (χ0) is 16.6. The van der Waals surface area contributed by atoms with Crippen LogP contribution in [0, 0.1) is 13.8 Å². The number of benzene rings is 2. The summed E-state index contributed by atoms with van der Waals surface area (Å²) < 4.78 is 27.0. The van der Waals surface area contributed by atoms with Crippen molar-refractivity contribution in [1.82, 2.24) is 14.5 Å². The molecule has 0 aliphatic carbocycles. The lowest BCUT2D eigenvalue weighted by Crippen LogP contribution is -2.27. The predicted octanol–water partition coefficient (Wildman–Crippen LogP) is 3.00. The third-order valence-corrected chi connectivity index (χ3v) is 5.89. The lowest BCUT2D eigenvalue weighted by molar-refractivity contribution is 0.465. The first kappa shape index (κ1) is 15.7. The van der Waals surface area contributed by atoms with Crippen LogP contribution < -0.4 is 0 Å². The number of hydrogen-bond acceptors (Lipinski definition) is 3. The first-order valence-electron chi connectivity index (χ1n) is 7.35. The van der Waals surface area contributed by atoms with E-state index in [9.17, 15) is 8.42 Å². The summed E-state index contributed by atoms with van der Waals surface area (Å²) in [6.07, 6.45) is 0. The second kappa shape index (κ2) is 5.79. The molecule has 0 radical (unpaired) electrons. The molecule has 0 spiro atoms. The summed E-state index contributed by atoms with van der Waals surface area (Å²) in [6, 6.07) is 12.9. The van der Waals surface area contributed by atoms with Crippen LogP contribution in [0.25, 0.3) is 10.8 Å². The van der Waals surface area contributed by atoms with Crippen LogP contribution in [0.3, 0.4) is 0 Å². The molecule has 0 aliphatic heterocycles. The summed E-state index contributed by atoms with van der Waals surface area (Å²) in [5.41, 5.74) is 2.63. The van der Waals surface area contributed by atoms with E-state index in [1.807, 2.05) is 44.2 Å². The molecule has 0 aliphatic rings. The highest BCUT2D eigenvalue weighted by atomic mass is 32.2. The SMILES string of the molecule is Cc1n[nH]c(C)c1CN(C)S(=O)(=O)c1ccc2ccccc2c1. The van der Waals surface area contributed by atoms with E-state index >= 15 is 0 Å². The van der Waals surface area contributed by atoms with Gasteiger partial charge in [-0.15, -0.1) is 0 Å². The molecule has 3 aromatic rings. The Bertz CT molecular complexity index is 941. The Morgan fingerprint density at radius 3 is 2.43 bits per heavy atom. The summed E-state index contributed by atoms with van der Waals surface area (Å²) in [6.45, 7) is 4.06. The van der Waals surface area contributed by atoms with Gasteiger partial charge >= 0.3 is 0 Å². The van der Waals surface area contributed by atoms with Crippen molar-refractivity contribution in [3.05, 3.63) is 59.4 Å². The van der Waals surface area contributed by atoms with Gasteiger partial charge in [0.2, 0.25) is 10.0 Å². The smallest absolute Gasteiger partial charge is 0.243 e. The van der Waals surface area contributed by atoms with Crippen molar-refractivity contribution < 1.29 is 8.42 Å². The Balaban J connectivity index is 1.96. The Kier molecular flexibility index (Phi) is 3.95. The molecule has 1 heterocycles. The molecule has 0 atom stereocenters. The van der Waals surface area contributed by atoms with Crippen molar-refractivity contribution in [3.8, 4) is 0 Å². The number of fused-ring (bicyclic) bond motifs is 1. The molecule has 3 rings (SSSR count). The van der Waals surface area contributed by atoms with E-state index in [-0.39, 0.29) is 0 Å². The molecule has 0 fully saturated rings. The van der Waals surface area contributed by atoms with E-state index in [0.717, 1.165) is 27.7 Å². The minimum atomic E-state index is -3.55. The maximum atomic E-state index is 12.8. The molecule has 0 bridgehead atoms. The van der Waals surface area contributed by atoms with Crippen LogP contribution in [0.2, 0.25) is 0 Å². The Morgan fingerprint density at radius 1 is 1.09 bits per heavy atom. The molecule has 120 valence electrons. The average Bonchev–Trinajstić information content (AvgIpc) is 2.86. The molecule has 23 heavy (non-hydrogen) atoms. The first-order valence-corrected chi connectivity index (χ1v) is 8.79. The van der Waals surface area contributed by atoms with Gasteiger partial charge in [0.1, 0.15) is 0 Å². The van der Waals surface area contributed by atoms with Gasteiger partial charge in [-0.25, -0.2) is 8.42 Å². The summed E-state index contributed by atoms with van der Waals surface area (Å²) in [5, 5.41) is 8.94. The summed E-state index contributed by atoms with van der Waals surface area (Å²) in [5.74, 6) is 0. The van der Waals surface area contributed by atoms with Gasteiger partial charge in [0.25, 0.3) is 0 Å². The van der Waals surface area contributed by atoms with Crippen molar-refractivity contribution >= 4 is 20.8 Å². The maximum Gasteiger partial charge on any atom is 0.243 e. The van der Waals surface area contributed by atoms with Crippen LogP contribution in [0.15, 0.2) is 47.4 Å². The van der Waals surface area contributed by atoms with Crippen molar-refractivity contribution in [2.24, 2.45) is 0 Å². The fourth-order valence-electron chi connectivity index (χ4n) is 2.62. The lowest BCUT2D eigenvalue weighted by Gasteiger charge is -2.18. The molecule has 2 aromatic carbocycles. The van der Waals surface area contributed by atoms with Crippen LogP contribution in [0.5, 0.6) is 0 Å². The van der Waals surface area contributed by atoms with Crippen molar-refractivity contribution in [2.45, 2.75) is 25.3 Å². The molecular weight excluding hydrogens is 310 g/mol. The highest BCUT2D eigenvalue weighted by Gasteiger charge is 2.23. The van der Waals surface area contributed by atoms with Gasteiger partial charge in [-0.05, 0) is 36.8 Å². The van der Waals surface area contributed by atoms with E-state index in [4.69, 9.17) is 0 Å². The average molecular weight is 329 g/mol. The third kappa shape index (κ3) is 2.87. The van der Waals surface area contributed by atoms with Gasteiger partial charge in [0, 0.05) is 24.8 Å².